The zero-order valence-electron chi connectivity index (χ0n) is 4.61. The number of rotatable bonds is 0. The number of nitrogens with one attached hydrogen (secondary N) is 1. The maximum atomic E-state index is 5.17. The maximum absolute atomic E-state index is 5.17. The highest BCUT2D eigenvalue weighted by Gasteiger charge is 2.04. The van der Waals surface area contributed by atoms with Crippen molar-refractivity contribution < 1.29 is 4.74 Å². The third kappa shape index (κ3) is 1.45. The van der Waals surface area contributed by atoms with Gasteiger partial charge in [-0.25, -0.2) is 0 Å². The fraction of sp³-hybridized carbons (Fsp3) is 1.00. The Hall–Kier alpha value is -0.0800. The van der Waals surface area contributed by atoms with Gasteiger partial charge in [0.2, 0.25) is 0 Å². The van der Waals surface area contributed by atoms with Gasteiger partial charge in [-0.3, -0.25) is 5.32 Å². The van der Waals surface area contributed by atoms with Gasteiger partial charge >= 0.3 is 0 Å². The molecule has 1 aliphatic heterocycles. The second-order valence-corrected chi connectivity index (χ2v) is 1.91. The average molecular weight is 101 g/mol. The van der Waals surface area contributed by atoms with Crippen molar-refractivity contribution in [2.45, 2.75) is 19.4 Å². The summed E-state index contributed by atoms with van der Waals surface area (Å²) in [5, 5.41) is 3.09. The highest BCUT2D eigenvalue weighted by molar-refractivity contribution is 4.56. The van der Waals surface area contributed by atoms with Crippen LogP contribution in [0.25, 0.3) is 0 Å². The molecule has 2 heteroatoms. The molecule has 0 spiro atoms. The lowest BCUT2D eigenvalue weighted by Gasteiger charge is -2.18. The second kappa shape index (κ2) is 2.28. The van der Waals surface area contributed by atoms with Crippen LogP contribution in [-0.4, -0.2) is 19.4 Å². The smallest absolute Gasteiger partial charge is 0.0968 e. The van der Waals surface area contributed by atoms with Gasteiger partial charge in [-0.05, 0) is 19.9 Å². The van der Waals surface area contributed by atoms with Crippen LogP contribution < -0.4 is 5.32 Å². The molecule has 0 radical (unpaired) electrons. The molecular formula is C5H11NO. The molecule has 1 heterocycles. The Morgan fingerprint density at radius 1 is 1.71 bits per heavy atom. The van der Waals surface area contributed by atoms with Crippen LogP contribution in [0.1, 0.15) is 13.3 Å². The van der Waals surface area contributed by atoms with Crippen LogP contribution in [-0.2, 0) is 4.74 Å². The molecule has 7 heavy (non-hydrogen) atoms. The summed E-state index contributed by atoms with van der Waals surface area (Å²) < 4.78 is 5.17. The van der Waals surface area contributed by atoms with Crippen LogP contribution in [0, 0.1) is 0 Å². The molecular weight excluding hydrogens is 90.1 g/mol. The van der Waals surface area contributed by atoms with E-state index in [2.05, 4.69) is 12.2 Å². The largest absolute Gasteiger partial charge is 0.363 e. The molecule has 0 amide bonds. The van der Waals surface area contributed by atoms with Gasteiger partial charge in [0.15, 0.2) is 0 Å². The van der Waals surface area contributed by atoms with E-state index < -0.39 is 0 Å². The van der Waals surface area contributed by atoms with Gasteiger partial charge in [-0.2, -0.15) is 0 Å². The first-order valence-electron chi connectivity index (χ1n) is 2.72. The lowest BCUT2D eigenvalue weighted by molar-refractivity contribution is 0.0193. The van der Waals surface area contributed by atoms with E-state index in [0.29, 0.717) is 6.10 Å². The third-order valence-corrected chi connectivity index (χ3v) is 1.20. The van der Waals surface area contributed by atoms with Crippen molar-refractivity contribution in [2.75, 3.05) is 13.3 Å². The highest BCUT2D eigenvalue weighted by Crippen LogP contribution is 1.98. The van der Waals surface area contributed by atoms with Gasteiger partial charge in [-0.15, -0.1) is 0 Å². The lowest BCUT2D eigenvalue weighted by Crippen LogP contribution is -2.31. The van der Waals surface area contributed by atoms with E-state index in [0.717, 1.165) is 19.7 Å². The Kier molecular flexibility index (Phi) is 1.65. The van der Waals surface area contributed by atoms with E-state index in [1.807, 2.05) is 0 Å². The predicted molar refractivity (Wildman–Crippen MR) is 28.0 cm³/mol. The van der Waals surface area contributed by atoms with Crippen molar-refractivity contribution in [1.29, 1.82) is 0 Å². The number of ether oxygens (including phenoxy) is 1. The molecule has 42 valence electrons. The minimum absolute atomic E-state index is 0.473. The molecule has 0 aromatic rings. The molecule has 1 rings (SSSR count). The highest BCUT2D eigenvalue weighted by atomic mass is 16.5. The monoisotopic (exact) mass is 101 g/mol. The molecule has 0 aliphatic carbocycles. The zero-order valence-corrected chi connectivity index (χ0v) is 4.61. The van der Waals surface area contributed by atoms with Crippen LogP contribution in [0.3, 0.4) is 0 Å². The average Bonchev–Trinajstić information content (AvgIpc) is 1.69. The fourth-order valence-electron chi connectivity index (χ4n) is 0.662. The first-order chi connectivity index (χ1) is 3.39. The maximum Gasteiger partial charge on any atom is 0.0968 e. The second-order valence-electron chi connectivity index (χ2n) is 1.91. The quantitative estimate of drug-likeness (QED) is 0.475. The molecule has 1 aliphatic rings. The molecule has 1 N–H and O–H groups in total. The van der Waals surface area contributed by atoms with Crippen molar-refractivity contribution in [1.82, 2.24) is 5.32 Å². The van der Waals surface area contributed by atoms with Gasteiger partial charge in [0, 0.05) is 0 Å². The first kappa shape index (κ1) is 5.06. The summed E-state index contributed by atoms with van der Waals surface area (Å²) in [7, 11) is 0. The molecule has 1 saturated heterocycles. The Labute approximate surface area is 43.9 Å². The van der Waals surface area contributed by atoms with Crippen molar-refractivity contribution in [2.24, 2.45) is 0 Å². The molecule has 0 unspecified atom stereocenters. The summed E-state index contributed by atoms with van der Waals surface area (Å²) in [5.41, 5.74) is 0. The van der Waals surface area contributed by atoms with Crippen LogP contribution in [0.15, 0.2) is 0 Å². The first-order valence-corrected chi connectivity index (χ1v) is 2.72. The van der Waals surface area contributed by atoms with Gasteiger partial charge in [0.1, 0.15) is 0 Å². The SMILES string of the molecule is C[C@H]1CCNCO1. The van der Waals surface area contributed by atoms with Crippen LogP contribution in [0.4, 0.5) is 0 Å². The summed E-state index contributed by atoms with van der Waals surface area (Å²) in [5.74, 6) is 0. The van der Waals surface area contributed by atoms with Gasteiger partial charge in [-0.1, -0.05) is 0 Å². The van der Waals surface area contributed by atoms with E-state index >= 15 is 0 Å². The van der Waals surface area contributed by atoms with E-state index in [1.54, 1.807) is 0 Å². The summed E-state index contributed by atoms with van der Waals surface area (Å²) in [4.78, 5) is 0. The van der Waals surface area contributed by atoms with Crippen LogP contribution >= 0.6 is 0 Å². The van der Waals surface area contributed by atoms with E-state index in [-0.39, 0.29) is 0 Å². The molecule has 1 atom stereocenters. The van der Waals surface area contributed by atoms with Gasteiger partial charge in [0.05, 0.1) is 12.8 Å². The Bertz CT molecular complexity index is 50.0. The Balaban J connectivity index is 2.12. The van der Waals surface area contributed by atoms with E-state index in [4.69, 9.17) is 4.74 Å². The third-order valence-electron chi connectivity index (χ3n) is 1.20. The zero-order chi connectivity index (χ0) is 5.11. The topological polar surface area (TPSA) is 21.3 Å². The molecule has 0 aromatic heterocycles. The van der Waals surface area contributed by atoms with E-state index in [1.165, 1.54) is 0 Å². The minimum Gasteiger partial charge on any atom is -0.363 e. The fourth-order valence-corrected chi connectivity index (χ4v) is 0.662. The Morgan fingerprint density at radius 2 is 2.57 bits per heavy atom. The van der Waals surface area contributed by atoms with E-state index in [9.17, 15) is 0 Å². The summed E-state index contributed by atoms with van der Waals surface area (Å²) >= 11 is 0. The lowest BCUT2D eigenvalue weighted by atomic mass is 10.3. The Morgan fingerprint density at radius 3 is 2.86 bits per heavy atom. The molecule has 0 saturated carbocycles. The van der Waals surface area contributed by atoms with Gasteiger partial charge in [0.25, 0.3) is 0 Å². The summed E-state index contributed by atoms with van der Waals surface area (Å²) in [6, 6.07) is 0. The summed E-state index contributed by atoms with van der Waals surface area (Å²) in [6.07, 6.45) is 1.63. The van der Waals surface area contributed by atoms with Crippen molar-refractivity contribution in [3.8, 4) is 0 Å². The van der Waals surface area contributed by atoms with Crippen molar-refractivity contribution >= 4 is 0 Å². The molecule has 1 fully saturated rings. The molecule has 0 bridgehead atoms. The predicted octanol–water partition coefficient (Wildman–Crippen LogP) is 0.342. The minimum atomic E-state index is 0.473. The molecule has 0 aromatic carbocycles. The van der Waals surface area contributed by atoms with Crippen molar-refractivity contribution in [3.63, 3.8) is 0 Å². The van der Waals surface area contributed by atoms with Crippen LogP contribution in [0.2, 0.25) is 0 Å². The van der Waals surface area contributed by atoms with Gasteiger partial charge < -0.3 is 4.74 Å². The molecule has 2 nitrogen and oxygen atoms in total. The van der Waals surface area contributed by atoms with Crippen LogP contribution in [0.5, 0.6) is 0 Å². The standard InChI is InChI=1S/C5H11NO/c1-5-2-3-6-4-7-5/h5-6H,2-4H2,1H3/t5-/m0/s1. The number of hydrogen-bond donors (Lipinski definition) is 1. The summed E-state index contributed by atoms with van der Waals surface area (Å²) in [6.45, 7) is 3.95. The normalized spacial score (nSPS) is 33.0. The van der Waals surface area contributed by atoms with Crippen molar-refractivity contribution in [3.05, 3.63) is 0 Å². The number of hydrogen-bond acceptors (Lipinski definition) is 2.